The van der Waals surface area contributed by atoms with Crippen molar-refractivity contribution in [1.29, 1.82) is 5.26 Å². The Morgan fingerprint density at radius 3 is 1.68 bits per heavy atom. The summed E-state index contributed by atoms with van der Waals surface area (Å²) in [5, 5.41) is 8.92. The van der Waals surface area contributed by atoms with Crippen LogP contribution in [0.15, 0.2) is 84.9 Å². The van der Waals surface area contributed by atoms with E-state index in [1.54, 1.807) is 24.3 Å². The molecule has 0 unspecified atom stereocenters. The highest BCUT2D eigenvalue weighted by atomic mass is 16.2. The van der Waals surface area contributed by atoms with Gasteiger partial charge in [0.25, 0.3) is 5.91 Å². The van der Waals surface area contributed by atoms with Crippen molar-refractivity contribution in [2.24, 2.45) is 0 Å². The zero-order chi connectivity index (χ0) is 17.5. The molecule has 0 spiro atoms. The van der Waals surface area contributed by atoms with Crippen molar-refractivity contribution in [2.45, 2.75) is 13.1 Å². The van der Waals surface area contributed by atoms with E-state index >= 15 is 0 Å². The normalized spacial score (nSPS) is 10.0. The van der Waals surface area contributed by atoms with Crippen molar-refractivity contribution in [3.8, 4) is 6.07 Å². The molecule has 0 fully saturated rings. The minimum atomic E-state index is -0.0443. The molecule has 0 aliphatic rings. The summed E-state index contributed by atoms with van der Waals surface area (Å²) in [5.41, 5.74) is 3.31. The maximum atomic E-state index is 13.0. The van der Waals surface area contributed by atoms with E-state index < -0.39 is 0 Å². The second-order valence-corrected chi connectivity index (χ2v) is 5.82. The number of amides is 1. The Morgan fingerprint density at radius 2 is 1.24 bits per heavy atom. The molecule has 3 nitrogen and oxygen atoms in total. The van der Waals surface area contributed by atoms with Gasteiger partial charge in [-0.05, 0) is 35.4 Å². The number of carbonyl (C=O) groups is 1. The molecule has 0 atom stereocenters. The highest BCUT2D eigenvalue weighted by Crippen LogP contribution is 2.15. The monoisotopic (exact) mass is 326 g/mol. The molecular weight excluding hydrogens is 308 g/mol. The first kappa shape index (κ1) is 16.5. The lowest BCUT2D eigenvalue weighted by Crippen LogP contribution is -2.30. The largest absolute Gasteiger partial charge is 0.330 e. The van der Waals surface area contributed by atoms with Crippen molar-refractivity contribution >= 4 is 5.91 Å². The molecule has 0 aliphatic heterocycles. The molecule has 3 aromatic carbocycles. The van der Waals surface area contributed by atoms with Crippen LogP contribution in [-0.2, 0) is 13.1 Å². The molecule has 3 aromatic rings. The molecule has 0 saturated carbocycles. The van der Waals surface area contributed by atoms with Gasteiger partial charge in [0.1, 0.15) is 0 Å². The van der Waals surface area contributed by atoms with Gasteiger partial charge >= 0.3 is 0 Å². The lowest BCUT2D eigenvalue weighted by atomic mass is 10.1. The van der Waals surface area contributed by atoms with Crippen LogP contribution in [0.1, 0.15) is 27.0 Å². The van der Waals surface area contributed by atoms with E-state index in [9.17, 15) is 4.79 Å². The summed E-state index contributed by atoms with van der Waals surface area (Å²) in [7, 11) is 0. The van der Waals surface area contributed by atoms with Crippen LogP contribution in [0.4, 0.5) is 0 Å². The molecule has 1 amide bonds. The van der Waals surface area contributed by atoms with Crippen molar-refractivity contribution < 1.29 is 4.79 Å². The van der Waals surface area contributed by atoms with Gasteiger partial charge < -0.3 is 4.90 Å². The molecule has 0 saturated heterocycles. The van der Waals surface area contributed by atoms with Crippen LogP contribution in [-0.4, -0.2) is 10.8 Å². The lowest BCUT2D eigenvalue weighted by Gasteiger charge is -2.23. The zero-order valence-corrected chi connectivity index (χ0v) is 13.8. The molecular formula is C22H18N2O. The third-order valence-electron chi connectivity index (χ3n) is 3.98. The SMILES string of the molecule is N#Cc1ccc(C(=O)N(Cc2ccccc2)Cc2ccccc2)cc1. The molecule has 0 bridgehead atoms. The fourth-order valence-corrected chi connectivity index (χ4v) is 2.68. The fourth-order valence-electron chi connectivity index (χ4n) is 2.68. The van der Waals surface area contributed by atoms with Crippen LogP contribution in [0.25, 0.3) is 0 Å². The van der Waals surface area contributed by atoms with Gasteiger partial charge in [0.2, 0.25) is 0 Å². The fraction of sp³-hybridized carbons (Fsp3) is 0.0909. The number of hydrogen-bond donors (Lipinski definition) is 0. The predicted molar refractivity (Wildman–Crippen MR) is 97.6 cm³/mol. The molecule has 122 valence electrons. The summed E-state index contributed by atoms with van der Waals surface area (Å²) in [6, 6.07) is 28.8. The van der Waals surface area contributed by atoms with Gasteiger partial charge in [-0.1, -0.05) is 60.7 Å². The van der Waals surface area contributed by atoms with E-state index in [0.717, 1.165) is 11.1 Å². The van der Waals surface area contributed by atoms with Gasteiger partial charge in [-0.2, -0.15) is 5.26 Å². The third kappa shape index (κ3) is 4.33. The van der Waals surface area contributed by atoms with Crippen molar-refractivity contribution in [3.05, 3.63) is 107 Å². The molecule has 25 heavy (non-hydrogen) atoms. The first-order chi connectivity index (χ1) is 12.3. The second kappa shape index (κ2) is 7.94. The van der Waals surface area contributed by atoms with Crippen LogP contribution in [0, 0.1) is 11.3 Å². The number of carbonyl (C=O) groups excluding carboxylic acids is 1. The van der Waals surface area contributed by atoms with E-state index in [0.29, 0.717) is 24.2 Å². The van der Waals surface area contributed by atoms with Crippen LogP contribution >= 0.6 is 0 Å². The molecule has 0 aromatic heterocycles. The standard InChI is InChI=1S/C22H18N2O/c23-15-18-11-13-21(14-12-18)22(25)24(16-19-7-3-1-4-8-19)17-20-9-5-2-6-10-20/h1-14H,16-17H2. The van der Waals surface area contributed by atoms with Crippen LogP contribution in [0.2, 0.25) is 0 Å². The van der Waals surface area contributed by atoms with E-state index in [2.05, 4.69) is 6.07 Å². The van der Waals surface area contributed by atoms with Crippen molar-refractivity contribution in [3.63, 3.8) is 0 Å². The number of rotatable bonds is 5. The zero-order valence-electron chi connectivity index (χ0n) is 13.8. The predicted octanol–water partition coefficient (Wildman–Crippen LogP) is 4.40. The second-order valence-electron chi connectivity index (χ2n) is 5.82. The highest BCUT2D eigenvalue weighted by Gasteiger charge is 2.16. The summed E-state index contributed by atoms with van der Waals surface area (Å²) >= 11 is 0. The lowest BCUT2D eigenvalue weighted by molar-refractivity contribution is 0.0730. The summed E-state index contributed by atoms with van der Waals surface area (Å²) in [6.45, 7) is 1.07. The number of hydrogen-bond acceptors (Lipinski definition) is 2. The Kier molecular flexibility index (Phi) is 5.23. The Balaban J connectivity index is 1.86. The summed E-state index contributed by atoms with van der Waals surface area (Å²) in [5.74, 6) is -0.0443. The topological polar surface area (TPSA) is 44.1 Å². The smallest absolute Gasteiger partial charge is 0.254 e. The average molecular weight is 326 g/mol. The van der Waals surface area contributed by atoms with Crippen LogP contribution in [0.5, 0.6) is 0 Å². The molecule has 3 heteroatoms. The minimum Gasteiger partial charge on any atom is -0.330 e. The summed E-state index contributed by atoms with van der Waals surface area (Å²) in [4.78, 5) is 14.8. The van der Waals surface area contributed by atoms with Crippen LogP contribution in [0.3, 0.4) is 0 Å². The summed E-state index contributed by atoms with van der Waals surface area (Å²) in [6.07, 6.45) is 0. The molecule has 3 rings (SSSR count). The van der Waals surface area contributed by atoms with E-state index in [1.807, 2.05) is 65.6 Å². The van der Waals surface area contributed by atoms with Crippen molar-refractivity contribution in [1.82, 2.24) is 4.90 Å². The quantitative estimate of drug-likeness (QED) is 0.697. The number of nitrogens with zero attached hydrogens (tertiary/aromatic N) is 2. The average Bonchev–Trinajstić information content (AvgIpc) is 2.68. The first-order valence-electron chi connectivity index (χ1n) is 8.13. The molecule has 0 radical (unpaired) electrons. The van der Waals surface area contributed by atoms with Gasteiger partial charge in [-0.15, -0.1) is 0 Å². The molecule has 0 heterocycles. The Morgan fingerprint density at radius 1 is 0.760 bits per heavy atom. The number of nitriles is 1. The third-order valence-corrected chi connectivity index (χ3v) is 3.98. The van der Waals surface area contributed by atoms with Crippen LogP contribution < -0.4 is 0 Å². The van der Waals surface area contributed by atoms with Gasteiger partial charge in [0.15, 0.2) is 0 Å². The van der Waals surface area contributed by atoms with Gasteiger partial charge in [0.05, 0.1) is 11.6 Å². The first-order valence-corrected chi connectivity index (χ1v) is 8.13. The van der Waals surface area contributed by atoms with Gasteiger partial charge in [-0.3, -0.25) is 4.79 Å². The van der Waals surface area contributed by atoms with Crippen molar-refractivity contribution in [2.75, 3.05) is 0 Å². The Bertz CT molecular complexity index is 824. The Labute approximate surface area is 147 Å². The molecule has 0 N–H and O–H groups in total. The maximum Gasteiger partial charge on any atom is 0.254 e. The van der Waals surface area contributed by atoms with E-state index in [1.165, 1.54) is 0 Å². The van der Waals surface area contributed by atoms with Gasteiger partial charge in [0, 0.05) is 18.7 Å². The van der Waals surface area contributed by atoms with E-state index in [-0.39, 0.29) is 5.91 Å². The van der Waals surface area contributed by atoms with Gasteiger partial charge in [-0.25, -0.2) is 0 Å². The minimum absolute atomic E-state index is 0.0443. The maximum absolute atomic E-state index is 13.0. The number of benzene rings is 3. The Hall–Kier alpha value is -3.38. The molecule has 0 aliphatic carbocycles. The highest BCUT2D eigenvalue weighted by molar-refractivity contribution is 5.94. The summed E-state index contributed by atoms with van der Waals surface area (Å²) < 4.78 is 0. The van der Waals surface area contributed by atoms with E-state index in [4.69, 9.17) is 5.26 Å².